The highest BCUT2D eigenvalue weighted by Crippen LogP contribution is 2.31. The number of aromatic nitrogens is 3. The molecule has 3 aromatic rings. The maximum atomic E-state index is 13.7. The molecule has 7 heteroatoms. The van der Waals surface area contributed by atoms with Crippen molar-refractivity contribution in [1.82, 2.24) is 19.9 Å². The van der Waals surface area contributed by atoms with E-state index in [9.17, 15) is 4.39 Å². The van der Waals surface area contributed by atoms with E-state index in [0.29, 0.717) is 18.3 Å². The largest absolute Gasteiger partial charge is 0.490 e. The molecule has 140 valence electrons. The van der Waals surface area contributed by atoms with Crippen LogP contribution in [0.4, 0.5) is 10.2 Å². The Balaban J connectivity index is 1.34. The number of fused-ring (bicyclic) bond motifs is 2. The van der Waals surface area contributed by atoms with Gasteiger partial charge in [0.1, 0.15) is 5.82 Å². The van der Waals surface area contributed by atoms with Gasteiger partial charge in [0.2, 0.25) is 0 Å². The first-order valence-electron chi connectivity index (χ1n) is 9.48. The van der Waals surface area contributed by atoms with E-state index in [1.807, 2.05) is 16.8 Å². The lowest BCUT2D eigenvalue weighted by molar-refractivity contribution is 0.212. The Hall–Kier alpha value is -2.67. The van der Waals surface area contributed by atoms with Crippen molar-refractivity contribution in [3.63, 3.8) is 0 Å². The van der Waals surface area contributed by atoms with Gasteiger partial charge in [0.25, 0.3) is 0 Å². The van der Waals surface area contributed by atoms with E-state index in [4.69, 9.17) is 9.72 Å². The summed E-state index contributed by atoms with van der Waals surface area (Å²) in [6, 6.07) is 8.53. The first-order valence-corrected chi connectivity index (χ1v) is 9.48. The van der Waals surface area contributed by atoms with Gasteiger partial charge >= 0.3 is 0 Å². The summed E-state index contributed by atoms with van der Waals surface area (Å²) in [7, 11) is 0. The topological polar surface area (TPSA) is 54.7 Å². The van der Waals surface area contributed by atoms with E-state index < -0.39 is 0 Å². The summed E-state index contributed by atoms with van der Waals surface area (Å²) in [6.07, 6.45) is 3.71. The second-order valence-corrected chi connectivity index (χ2v) is 7.22. The van der Waals surface area contributed by atoms with E-state index >= 15 is 0 Å². The molecule has 1 aromatic carbocycles. The number of benzene rings is 1. The Bertz CT molecular complexity index is 966. The zero-order valence-corrected chi connectivity index (χ0v) is 15.1. The number of halogens is 1. The summed E-state index contributed by atoms with van der Waals surface area (Å²) < 4.78 is 21.3. The number of hydrogen-bond donors (Lipinski definition) is 1. The molecule has 2 aliphatic rings. The van der Waals surface area contributed by atoms with Crippen LogP contribution >= 0.6 is 0 Å². The van der Waals surface area contributed by atoms with Crippen LogP contribution in [0, 0.1) is 11.7 Å². The lowest BCUT2D eigenvalue weighted by Crippen LogP contribution is -2.50. The molecule has 6 nitrogen and oxygen atoms in total. The zero-order chi connectivity index (χ0) is 18.2. The Morgan fingerprint density at radius 1 is 1.15 bits per heavy atom. The Morgan fingerprint density at radius 2 is 2.00 bits per heavy atom. The summed E-state index contributed by atoms with van der Waals surface area (Å²) in [5.41, 5.74) is 3.37. The van der Waals surface area contributed by atoms with Crippen molar-refractivity contribution >= 4 is 11.5 Å². The van der Waals surface area contributed by atoms with E-state index in [-0.39, 0.29) is 5.82 Å². The fourth-order valence-electron chi connectivity index (χ4n) is 3.96. The van der Waals surface area contributed by atoms with Gasteiger partial charge in [-0.05, 0) is 25.1 Å². The number of nitrogens with one attached hydrogen (secondary N) is 1. The van der Waals surface area contributed by atoms with E-state index in [2.05, 4.69) is 15.3 Å². The molecule has 1 fully saturated rings. The molecule has 4 heterocycles. The number of ether oxygens (including phenoxy) is 1. The molecule has 0 radical (unpaired) electrons. The highest BCUT2D eigenvalue weighted by Gasteiger charge is 2.32. The summed E-state index contributed by atoms with van der Waals surface area (Å²) in [5.74, 6) is 1.56. The van der Waals surface area contributed by atoms with Gasteiger partial charge in [-0.3, -0.25) is 0 Å². The minimum atomic E-state index is -0.307. The third-order valence-electron chi connectivity index (χ3n) is 5.35. The molecule has 1 saturated heterocycles. The predicted octanol–water partition coefficient (Wildman–Crippen LogP) is 2.07. The molecule has 0 spiro atoms. The summed E-state index contributed by atoms with van der Waals surface area (Å²) in [4.78, 5) is 7.16. The van der Waals surface area contributed by atoms with Crippen molar-refractivity contribution < 1.29 is 9.13 Å². The molecule has 27 heavy (non-hydrogen) atoms. The van der Waals surface area contributed by atoms with Crippen LogP contribution in [-0.2, 0) is 12.8 Å². The van der Waals surface area contributed by atoms with E-state index in [1.54, 1.807) is 18.2 Å². The first kappa shape index (κ1) is 16.5. The number of hydrogen-bond acceptors (Lipinski definition) is 5. The zero-order valence-electron chi connectivity index (χ0n) is 15.1. The molecule has 0 unspecified atom stereocenters. The lowest BCUT2D eigenvalue weighted by atomic mass is 9.99. The lowest BCUT2D eigenvalue weighted by Gasteiger charge is -2.41. The molecular formula is C20H22FN5O. The van der Waals surface area contributed by atoms with Crippen molar-refractivity contribution in [3.8, 4) is 5.75 Å². The smallest absolute Gasteiger partial charge is 0.165 e. The summed E-state index contributed by atoms with van der Waals surface area (Å²) in [6.45, 7) is 4.21. The fraction of sp³-hybridized carbons (Fsp3) is 0.400. The monoisotopic (exact) mass is 367 g/mol. The number of anilines is 1. The van der Waals surface area contributed by atoms with Crippen LogP contribution in [0.3, 0.4) is 0 Å². The highest BCUT2D eigenvalue weighted by molar-refractivity contribution is 5.59. The minimum absolute atomic E-state index is 0.307. The summed E-state index contributed by atoms with van der Waals surface area (Å²) >= 11 is 0. The van der Waals surface area contributed by atoms with Crippen molar-refractivity contribution in [1.29, 1.82) is 0 Å². The Morgan fingerprint density at radius 3 is 2.89 bits per heavy atom. The molecule has 1 N–H and O–H groups in total. The highest BCUT2D eigenvalue weighted by atomic mass is 19.1. The number of para-hydroxylation sites is 1. The van der Waals surface area contributed by atoms with Crippen LogP contribution in [0.5, 0.6) is 5.75 Å². The van der Waals surface area contributed by atoms with Gasteiger partial charge in [-0.15, -0.1) is 0 Å². The average Bonchev–Trinajstić information content (AvgIpc) is 2.98. The molecule has 2 aromatic heterocycles. The van der Waals surface area contributed by atoms with Gasteiger partial charge in [0.05, 0.1) is 18.5 Å². The Labute approximate surface area is 157 Å². The summed E-state index contributed by atoms with van der Waals surface area (Å²) in [5, 5.41) is 7.95. The average molecular weight is 367 g/mol. The molecule has 0 saturated carbocycles. The van der Waals surface area contributed by atoms with Crippen LogP contribution in [0.25, 0.3) is 5.65 Å². The van der Waals surface area contributed by atoms with Crippen LogP contribution in [0.2, 0.25) is 0 Å². The van der Waals surface area contributed by atoms with Crippen LogP contribution in [0.1, 0.15) is 11.3 Å². The van der Waals surface area contributed by atoms with Crippen LogP contribution in [-0.4, -0.2) is 47.4 Å². The maximum Gasteiger partial charge on any atom is 0.165 e. The standard InChI is InChI=1S/C20H22FN5O/c21-16-3-1-2-4-18(16)27-13-14-11-25(12-14)20-15-5-8-22-9-6-17(15)24-19-7-10-23-26(19)20/h1-4,7,10,14,22H,5-6,8-9,11-13H2. The molecular weight excluding hydrogens is 345 g/mol. The fourth-order valence-corrected chi connectivity index (χ4v) is 3.96. The van der Waals surface area contributed by atoms with E-state index in [0.717, 1.165) is 50.5 Å². The maximum absolute atomic E-state index is 13.7. The molecule has 2 aliphatic heterocycles. The first-order chi connectivity index (χ1) is 13.3. The Kier molecular flexibility index (Phi) is 4.16. The normalized spacial score (nSPS) is 17.4. The molecule has 0 atom stereocenters. The number of rotatable bonds is 4. The second kappa shape index (κ2) is 6.81. The van der Waals surface area contributed by atoms with Gasteiger partial charge < -0.3 is 15.0 Å². The van der Waals surface area contributed by atoms with Gasteiger partial charge in [-0.2, -0.15) is 9.61 Å². The van der Waals surface area contributed by atoms with Gasteiger partial charge in [0.15, 0.2) is 17.2 Å². The third kappa shape index (κ3) is 3.02. The van der Waals surface area contributed by atoms with E-state index in [1.165, 1.54) is 17.3 Å². The molecule has 5 rings (SSSR count). The predicted molar refractivity (Wildman–Crippen MR) is 101 cm³/mol. The van der Waals surface area contributed by atoms with Crippen molar-refractivity contribution in [2.45, 2.75) is 12.8 Å². The number of nitrogens with zero attached hydrogens (tertiary/aromatic N) is 4. The SMILES string of the molecule is Fc1ccccc1OCC1CN(c2c3c(nc4ccnn24)CCNCC3)C1. The minimum Gasteiger partial charge on any atom is -0.490 e. The van der Waals surface area contributed by atoms with Gasteiger partial charge in [-0.1, -0.05) is 12.1 Å². The molecule has 0 bridgehead atoms. The van der Waals surface area contributed by atoms with Crippen LogP contribution < -0.4 is 15.0 Å². The van der Waals surface area contributed by atoms with Gasteiger partial charge in [0, 0.05) is 43.6 Å². The molecule has 0 amide bonds. The quantitative estimate of drug-likeness (QED) is 0.765. The third-order valence-corrected chi connectivity index (χ3v) is 5.35. The van der Waals surface area contributed by atoms with Crippen molar-refractivity contribution in [3.05, 3.63) is 53.6 Å². The van der Waals surface area contributed by atoms with Crippen molar-refractivity contribution in [2.24, 2.45) is 5.92 Å². The van der Waals surface area contributed by atoms with Crippen molar-refractivity contribution in [2.75, 3.05) is 37.7 Å². The second-order valence-electron chi connectivity index (χ2n) is 7.22. The molecule has 0 aliphatic carbocycles. The van der Waals surface area contributed by atoms with Gasteiger partial charge in [-0.25, -0.2) is 9.37 Å². The van der Waals surface area contributed by atoms with Crippen LogP contribution in [0.15, 0.2) is 36.5 Å².